The van der Waals surface area contributed by atoms with Gasteiger partial charge in [-0.2, -0.15) is 4.98 Å². The summed E-state index contributed by atoms with van der Waals surface area (Å²) in [5.74, 6) is 1.04. The molecular weight excluding hydrogens is 304 g/mol. The number of phenolic OH excluding ortho intramolecular Hbond substituents is 1. The van der Waals surface area contributed by atoms with Crippen LogP contribution in [0.15, 0.2) is 59.1 Å². The Bertz CT molecular complexity index is 771. The van der Waals surface area contributed by atoms with Crippen LogP contribution in [0.3, 0.4) is 0 Å². The first-order valence-electron chi connectivity index (χ1n) is 7.78. The molecule has 0 saturated carbocycles. The summed E-state index contributed by atoms with van der Waals surface area (Å²) in [6.45, 7) is 0. The molecule has 0 spiro atoms. The summed E-state index contributed by atoms with van der Waals surface area (Å²) >= 11 is 0. The fourth-order valence-electron chi connectivity index (χ4n) is 2.48. The molecule has 6 nitrogen and oxygen atoms in total. The Kier molecular flexibility index (Phi) is 4.88. The van der Waals surface area contributed by atoms with Crippen molar-refractivity contribution in [1.29, 1.82) is 0 Å². The molecule has 2 atom stereocenters. The van der Waals surface area contributed by atoms with Crippen LogP contribution in [0.25, 0.3) is 0 Å². The lowest BCUT2D eigenvalue weighted by Gasteiger charge is -2.08. The third-order valence-electron chi connectivity index (χ3n) is 3.80. The number of nitrogens with zero attached hydrogens (tertiary/aromatic N) is 2. The van der Waals surface area contributed by atoms with E-state index in [9.17, 15) is 5.11 Å². The van der Waals surface area contributed by atoms with Gasteiger partial charge < -0.3 is 21.1 Å². The minimum atomic E-state index is -0.393. The van der Waals surface area contributed by atoms with Crippen LogP contribution in [-0.4, -0.2) is 15.2 Å². The van der Waals surface area contributed by atoms with Gasteiger partial charge in [0.2, 0.25) is 5.89 Å². The summed E-state index contributed by atoms with van der Waals surface area (Å²) in [7, 11) is 0. The maximum atomic E-state index is 9.31. The predicted octanol–water partition coefficient (Wildman–Crippen LogP) is 2.26. The van der Waals surface area contributed by atoms with E-state index in [4.69, 9.17) is 16.0 Å². The Labute approximate surface area is 140 Å². The summed E-state index contributed by atoms with van der Waals surface area (Å²) in [6.07, 6.45) is 1.17. The molecule has 5 N–H and O–H groups in total. The van der Waals surface area contributed by atoms with Gasteiger partial charge in [-0.3, -0.25) is 0 Å². The zero-order chi connectivity index (χ0) is 16.9. The van der Waals surface area contributed by atoms with Crippen molar-refractivity contribution in [3.8, 4) is 5.75 Å². The molecule has 24 heavy (non-hydrogen) atoms. The molecule has 2 aromatic carbocycles. The summed E-state index contributed by atoms with van der Waals surface area (Å²) in [6, 6.07) is 16.0. The van der Waals surface area contributed by atoms with Crippen LogP contribution in [0.1, 0.15) is 34.9 Å². The molecule has 0 amide bonds. The van der Waals surface area contributed by atoms with Crippen molar-refractivity contribution in [1.82, 2.24) is 10.1 Å². The first-order valence-corrected chi connectivity index (χ1v) is 7.78. The quantitative estimate of drug-likeness (QED) is 0.641. The van der Waals surface area contributed by atoms with Crippen LogP contribution in [0.4, 0.5) is 0 Å². The Hall–Kier alpha value is -2.70. The van der Waals surface area contributed by atoms with Gasteiger partial charge >= 0.3 is 0 Å². The Morgan fingerprint density at radius 3 is 2.21 bits per heavy atom. The first kappa shape index (κ1) is 16.2. The van der Waals surface area contributed by atoms with Crippen molar-refractivity contribution in [3.05, 3.63) is 77.4 Å². The molecule has 0 aliphatic rings. The average molecular weight is 324 g/mol. The maximum absolute atomic E-state index is 9.31. The van der Waals surface area contributed by atoms with Gasteiger partial charge in [0.05, 0.1) is 12.1 Å². The molecule has 0 saturated heterocycles. The number of nitrogens with two attached hydrogens (primary N) is 2. The van der Waals surface area contributed by atoms with Crippen LogP contribution in [-0.2, 0) is 12.8 Å². The zero-order valence-corrected chi connectivity index (χ0v) is 13.2. The molecule has 0 radical (unpaired) electrons. The van der Waals surface area contributed by atoms with Gasteiger partial charge in [0.15, 0.2) is 5.82 Å². The summed E-state index contributed by atoms with van der Waals surface area (Å²) in [4.78, 5) is 4.34. The molecule has 6 heteroatoms. The van der Waals surface area contributed by atoms with E-state index in [1.165, 1.54) is 0 Å². The van der Waals surface area contributed by atoms with E-state index in [1.54, 1.807) is 12.1 Å². The lowest BCUT2D eigenvalue weighted by atomic mass is 10.1. The molecule has 0 fully saturated rings. The van der Waals surface area contributed by atoms with Crippen LogP contribution in [0.2, 0.25) is 0 Å². The largest absolute Gasteiger partial charge is 0.508 e. The average Bonchev–Trinajstić information content (AvgIpc) is 3.08. The van der Waals surface area contributed by atoms with E-state index in [2.05, 4.69) is 10.1 Å². The van der Waals surface area contributed by atoms with Crippen molar-refractivity contribution in [3.63, 3.8) is 0 Å². The second-order valence-electron chi connectivity index (χ2n) is 5.76. The van der Waals surface area contributed by atoms with E-state index in [0.717, 1.165) is 11.1 Å². The third kappa shape index (κ3) is 3.98. The standard InChI is InChI=1S/C18H20N4O2/c19-15(10-13-6-8-14(23)9-7-13)17-21-18(24-22-17)16(20)11-12-4-2-1-3-5-12/h1-9,15-16,23H,10-11,19-20H2/t15-,16-/m0/s1. The molecule has 0 aliphatic carbocycles. The van der Waals surface area contributed by atoms with Gasteiger partial charge in [0, 0.05) is 0 Å². The molecule has 1 heterocycles. The molecular formula is C18H20N4O2. The lowest BCUT2D eigenvalue weighted by Crippen LogP contribution is -2.17. The topological polar surface area (TPSA) is 111 Å². The monoisotopic (exact) mass is 324 g/mol. The first-order chi connectivity index (χ1) is 11.6. The number of aromatic hydroxyl groups is 1. The van der Waals surface area contributed by atoms with Crippen LogP contribution in [0, 0.1) is 0 Å². The van der Waals surface area contributed by atoms with Gasteiger partial charge in [-0.25, -0.2) is 0 Å². The fourth-order valence-corrected chi connectivity index (χ4v) is 2.48. The highest BCUT2D eigenvalue weighted by Gasteiger charge is 2.19. The lowest BCUT2D eigenvalue weighted by molar-refractivity contribution is 0.347. The van der Waals surface area contributed by atoms with E-state index >= 15 is 0 Å². The highest BCUT2D eigenvalue weighted by Crippen LogP contribution is 2.19. The SMILES string of the molecule is N[C@@H](Cc1ccc(O)cc1)c1noc([C@@H](N)Cc2ccccc2)n1. The second-order valence-corrected chi connectivity index (χ2v) is 5.76. The van der Waals surface area contributed by atoms with Gasteiger partial charge in [-0.15, -0.1) is 0 Å². The number of rotatable bonds is 6. The molecule has 0 bridgehead atoms. The van der Waals surface area contributed by atoms with Crippen molar-refractivity contribution < 1.29 is 9.63 Å². The maximum Gasteiger partial charge on any atom is 0.243 e. The molecule has 1 aromatic heterocycles. The summed E-state index contributed by atoms with van der Waals surface area (Å²) in [5.41, 5.74) is 14.4. The van der Waals surface area contributed by atoms with Crippen molar-refractivity contribution >= 4 is 0 Å². The van der Waals surface area contributed by atoms with Gasteiger partial charge in [-0.05, 0) is 36.1 Å². The minimum absolute atomic E-state index is 0.223. The molecule has 0 unspecified atom stereocenters. The second kappa shape index (κ2) is 7.25. The van der Waals surface area contributed by atoms with Gasteiger partial charge in [-0.1, -0.05) is 47.6 Å². The van der Waals surface area contributed by atoms with E-state index in [-0.39, 0.29) is 11.8 Å². The number of aromatic nitrogens is 2. The molecule has 3 rings (SSSR count). The third-order valence-corrected chi connectivity index (χ3v) is 3.80. The van der Waals surface area contributed by atoms with Crippen LogP contribution >= 0.6 is 0 Å². The normalized spacial score (nSPS) is 13.6. The number of hydrogen-bond acceptors (Lipinski definition) is 6. The number of benzene rings is 2. The Balaban J connectivity index is 1.64. The zero-order valence-electron chi connectivity index (χ0n) is 13.2. The van der Waals surface area contributed by atoms with Crippen molar-refractivity contribution in [2.45, 2.75) is 24.9 Å². The van der Waals surface area contributed by atoms with Crippen LogP contribution in [0.5, 0.6) is 5.75 Å². The Morgan fingerprint density at radius 2 is 1.50 bits per heavy atom. The van der Waals surface area contributed by atoms with E-state index in [0.29, 0.717) is 24.6 Å². The van der Waals surface area contributed by atoms with E-state index in [1.807, 2.05) is 42.5 Å². The smallest absolute Gasteiger partial charge is 0.243 e. The summed E-state index contributed by atoms with van der Waals surface area (Å²) < 4.78 is 5.27. The fraction of sp³-hybridized carbons (Fsp3) is 0.222. The number of hydrogen-bond donors (Lipinski definition) is 3. The minimum Gasteiger partial charge on any atom is -0.508 e. The predicted molar refractivity (Wildman–Crippen MR) is 90.1 cm³/mol. The van der Waals surface area contributed by atoms with Crippen molar-refractivity contribution in [2.75, 3.05) is 0 Å². The van der Waals surface area contributed by atoms with Crippen molar-refractivity contribution in [2.24, 2.45) is 11.5 Å². The summed E-state index contributed by atoms with van der Waals surface area (Å²) in [5, 5.41) is 13.3. The van der Waals surface area contributed by atoms with Gasteiger partial charge in [0.25, 0.3) is 0 Å². The van der Waals surface area contributed by atoms with Crippen LogP contribution < -0.4 is 11.5 Å². The highest BCUT2D eigenvalue weighted by molar-refractivity contribution is 5.26. The van der Waals surface area contributed by atoms with Gasteiger partial charge in [0.1, 0.15) is 5.75 Å². The Morgan fingerprint density at radius 1 is 0.875 bits per heavy atom. The molecule has 3 aromatic rings. The number of phenols is 1. The highest BCUT2D eigenvalue weighted by atomic mass is 16.5. The van der Waals surface area contributed by atoms with E-state index < -0.39 is 6.04 Å². The molecule has 124 valence electrons. The molecule has 0 aliphatic heterocycles.